The van der Waals surface area contributed by atoms with Crippen molar-refractivity contribution in [3.05, 3.63) is 24.0 Å². The van der Waals surface area contributed by atoms with E-state index in [1.54, 1.807) is 0 Å². The molecule has 0 aliphatic heterocycles. The van der Waals surface area contributed by atoms with E-state index in [0.29, 0.717) is 0 Å². The molecule has 19 heavy (non-hydrogen) atoms. The molecule has 0 aliphatic rings. The maximum Gasteiger partial charge on any atom is 0.356 e. The lowest BCUT2D eigenvalue weighted by Gasteiger charge is -2.05. The predicted molar refractivity (Wildman–Crippen MR) is 63.0 cm³/mol. The molecule has 0 atom stereocenters. The first-order valence-electron chi connectivity index (χ1n) is 5.12. The number of hydrogen-bond acceptors (Lipinski definition) is 6. The van der Waals surface area contributed by atoms with Crippen LogP contribution in [-0.4, -0.2) is 44.1 Å². The van der Waals surface area contributed by atoms with Gasteiger partial charge in [0.15, 0.2) is 0 Å². The highest BCUT2D eigenvalue weighted by Gasteiger charge is 2.16. The molecule has 0 unspecified atom stereocenters. The van der Waals surface area contributed by atoms with E-state index in [1.165, 1.54) is 19.2 Å². The molecular weight excluding hydrogens is 276 g/mol. The SMILES string of the molecule is COC(=O)c1ccc(S(=O)(=O)NCCC(=O)O)cn1. The van der Waals surface area contributed by atoms with Crippen LogP contribution in [0.5, 0.6) is 0 Å². The van der Waals surface area contributed by atoms with E-state index < -0.39 is 22.0 Å². The first kappa shape index (κ1) is 15.1. The van der Waals surface area contributed by atoms with Crippen LogP contribution >= 0.6 is 0 Å². The molecule has 0 aliphatic carbocycles. The first-order chi connectivity index (χ1) is 8.86. The zero-order chi connectivity index (χ0) is 14.5. The van der Waals surface area contributed by atoms with Gasteiger partial charge in [-0.2, -0.15) is 0 Å². The summed E-state index contributed by atoms with van der Waals surface area (Å²) in [6, 6.07) is 2.39. The second kappa shape index (κ2) is 6.25. The van der Waals surface area contributed by atoms with Crippen molar-refractivity contribution in [2.45, 2.75) is 11.3 Å². The summed E-state index contributed by atoms with van der Waals surface area (Å²) in [6.45, 7) is -0.226. The van der Waals surface area contributed by atoms with Gasteiger partial charge in [-0.25, -0.2) is 22.9 Å². The fraction of sp³-hybridized carbons (Fsp3) is 0.300. The van der Waals surface area contributed by atoms with E-state index in [9.17, 15) is 18.0 Å². The fourth-order valence-electron chi connectivity index (χ4n) is 1.14. The highest BCUT2D eigenvalue weighted by Crippen LogP contribution is 2.08. The van der Waals surface area contributed by atoms with Crippen LogP contribution in [0.2, 0.25) is 0 Å². The maximum atomic E-state index is 11.7. The van der Waals surface area contributed by atoms with Crippen molar-refractivity contribution < 1.29 is 27.9 Å². The Hall–Kier alpha value is -2.00. The molecule has 0 saturated carbocycles. The van der Waals surface area contributed by atoms with E-state index in [1.807, 2.05) is 0 Å². The van der Waals surface area contributed by atoms with Gasteiger partial charge in [-0.15, -0.1) is 0 Å². The number of carbonyl (C=O) groups is 2. The maximum absolute atomic E-state index is 11.7. The molecule has 0 aromatic carbocycles. The molecule has 8 nitrogen and oxygen atoms in total. The minimum atomic E-state index is -3.83. The van der Waals surface area contributed by atoms with Crippen LogP contribution in [0.1, 0.15) is 16.9 Å². The van der Waals surface area contributed by atoms with Gasteiger partial charge in [-0.05, 0) is 12.1 Å². The Bertz CT molecular complexity index is 566. The summed E-state index contributed by atoms with van der Waals surface area (Å²) < 4.78 is 29.9. The van der Waals surface area contributed by atoms with Crippen LogP contribution in [0.25, 0.3) is 0 Å². The minimum Gasteiger partial charge on any atom is -0.481 e. The zero-order valence-electron chi connectivity index (χ0n) is 9.99. The number of aliphatic carboxylic acids is 1. The summed E-state index contributed by atoms with van der Waals surface area (Å²) in [7, 11) is -2.65. The third-order valence-electron chi connectivity index (χ3n) is 2.07. The molecule has 1 aromatic heterocycles. The second-order valence-electron chi connectivity index (χ2n) is 3.41. The van der Waals surface area contributed by atoms with Crippen LogP contribution in [0.4, 0.5) is 0 Å². The lowest BCUT2D eigenvalue weighted by Crippen LogP contribution is -2.26. The van der Waals surface area contributed by atoms with Crippen LogP contribution in [0.3, 0.4) is 0 Å². The van der Waals surface area contributed by atoms with Gasteiger partial charge in [0.1, 0.15) is 10.6 Å². The molecule has 9 heteroatoms. The molecule has 0 spiro atoms. The molecule has 0 saturated heterocycles. The van der Waals surface area contributed by atoms with Crippen LogP contribution in [-0.2, 0) is 19.6 Å². The van der Waals surface area contributed by atoms with E-state index in [0.717, 1.165) is 6.20 Å². The molecule has 0 amide bonds. The highest BCUT2D eigenvalue weighted by molar-refractivity contribution is 7.89. The number of pyridine rings is 1. The van der Waals surface area contributed by atoms with Gasteiger partial charge < -0.3 is 9.84 Å². The van der Waals surface area contributed by atoms with E-state index in [4.69, 9.17) is 5.11 Å². The smallest absolute Gasteiger partial charge is 0.356 e. The third kappa shape index (κ3) is 4.30. The van der Waals surface area contributed by atoms with E-state index in [2.05, 4.69) is 14.4 Å². The Morgan fingerprint density at radius 3 is 2.58 bits per heavy atom. The second-order valence-corrected chi connectivity index (χ2v) is 5.18. The molecule has 2 N–H and O–H groups in total. The number of ether oxygens (including phenoxy) is 1. The van der Waals surface area contributed by atoms with Gasteiger partial charge in [0.05, 0.1) is 13.5 Å². The quantitative estimate of drug-likeness (QED) is 0.684. The van der Waals surface area contributed by atoms with Crippen molar-refractivity contribution in [2.75, 3.05) is 13.7 Å². The van der Waals surface area contributed by atoms with Gasteiger partial charge in [0.25, 0.3) is 0 Å². The van der Waals surface area contributed by atoms with Crippen molar-refractivity contribution >= 4 is 22.0 Å². The van der Waals surface area contributed by atoms with E-state index >= 15 is 0 Å². The van der Waals surface area contributed by atoms with Gasteiger partial charge in [-0.3, -0.25) is 4.79 Å². The number of hydrogen-bond donors (Lipinski definition) is 2. The van der Waals surface area contributed by atoms with Crippen molar-refractivity contribution in [2.24, 2.45) is 0 Å². The first-order valence-corrected chi connectivity index (χ1v) is 6.61. The summed E-state index contributed by atoms with van der Waals surface area (Å²) in [5.74, 6) is -1.79. The minimum absolute atomic E-state index is 0.0213. The summed E-state index contributed by atoms with van der Waals surface area (Å²) in [5.41, 5.74) is -0.0213. The lowest BCUT2D eigenvalue weighted by molar-refractivity contribution is -0.136. The largest absolute Gasteiger partial charge is 0.481 e. The molecule has 104 valence electrons. The van der Waals surface area contributed by atoms with Crippen LogP contribution in [0, 0.1) is 0 Å². The summed E-state index contributed by atoms with van der Waals surface area (Å²) in [4.78, 5) is 24.9. The highest BCUT2D eigenvalue weighted by atomic mass is 32.2. The molecule has 1 aromatic rings. The number of carbonyl (C=O) groups excluding carboxylic acids is 1. The summed E-state index contributed by atoms with van der Waals surface area (Å²) in [5, 5.41) is 8.41. The molecular formula is C10H12N2O6S. The monoisotopic (exact) mass is 288 g/mol. The average Bonchev–Trinajstić information content (AvgIpc) is 2.37. The molecule has 0 radical (unpaired) electrons. The van der Waals surface area contributed by atoms with Crippen molar-refractivity contribution in [1.82, 2.24) is 9.71 Å². The molecule has 0 fully saturated rings. The molecule has 1 heterocycles. The number of nitrogens with zero attached hydrogens (tertiary/aromatic N) is 1. The Balaban J connectivity index is 2.79. The zero-order valence-corrected chi connectivity index (χ0v) is 10.8. The van der Waals surface area contributed by atoms with Gasteiger partial charge >= 0.3 is 11.9 Å². The standard InChI is InChI=1S/C10H12N2O6S/c1-18-10(15)8-3-2-7(6-11-8)19(16,17)12-5-4-9(13)14/h2-3,6,12H,4-5H2,1H3,(H,13,14). The fourth-order valence-corrected chi connectivity index (χ4v) is 2.12. The summed E-state index contributed by atoms with van der Waals surface area (Å²) in [6.07, 6.45) is 0.669. The average molecular weight is 288 g/mol. The Morgan fingerprint density at radius 1 is 1.42 bits per heavy atom. The number of carboxylic acids is 1. The number of aromatic nitrogens is 1. The predicted octanol–water partition coefficient (Wildman–Crippen LogP) is -0.379. The lowest BCUT2D eigenvalue weighted by atomic mass is 10.3. The topological polar surface area (TPSA) is 123 Å². The van der Waals surface area contributed by atoms with Gasteiger partial charge in [0, 0.05) is 12.7 Å². The number of esters is 1. The number of sulfonamides is 1. The number of methoxy groups -OCH3 is 1. The normalized spacial score (nSPS) is 11.0. The summed E-state index contributed by atoms with van der Waals surface area (Å²) >= 11 is 0. The number of rotatable bonds is 6. The molecule has 1 rings (SSSR count). The number of nitrogens with one attached hydrogen (secondary N) is 1. The van der Waals surface area contributed by atoms with Crippen molar-refractivity contribution in [3.63, 3.8) is 0 Å². The Labute approximate surface area is 109 Å². The molecule has 0 bridgehead atoms. The number of carboxylic acid groups (broad SMARTS) is 1. The van der Waals surface area contributed by atoms with Crippen LogP contribution in [0.15, 0.2) is 23.2 Å². The van der Waals surface area contributed by atoms with Crippen molar-refractivity contribution in [1.29, 1.82) is 0 Å². The third-order valence-corrected chi connectivity index (χ3v) is 3.52. The Morgan fingerprint density at radius 2 is 2.11 bits per heavy atom. The van der Waals surface area contributed by atoms with E-state index in [-0.39, 0.29) is 23.6 Å². The van der Waals surface area contributed by atoms with Gasteiger partial charge in [-0.1, -0.05) is 0 Å². The Kier molecular flexibility index (Phi) is 4.95. The van der Waals surface area contributed by atoms with Crippen LogP contribution < -0.4 is 4.72 Å². The van der Waals surface area contributed by atoms with Crippen molar-refractivity contribution in [3.8, 4) is 0 Å². The van der Waals surface area contributed by atoms with Gasteiger partial charge in [0.2, 0.25) is 10.0 Å².